The van der Waals surface area contributed by atoms with E-state index in [1.807, 2.05) is 18.2 Å². The van der Waals surface area contributed by atoms with Crippen LogP contribution in [0.3, 0.4) is 0 Å². The van der Waals surface area contributed by atoms with Gasteiger partial charge in [-0.1, -0.05) is 18.2 Å². The summed E-state index contributed by atoms with van der Waals surface area (Å²) < 4.78 is 5.51. The monoisotopic (exact) mass is 358 g/mol. The molecule has 0 saturated carbocycles. The molecule has 1 aromatic rings. The lowest BCUT2D eigenvalue weighted by atomic mass is 10.1. The first-order valence-corrected chi connectivity index (χ1v) is 9.67. The molecule has 5 heteroatoms. The fraction of sp³-hybridized carbons (Fsp3) is 0.571. The third-order valence-electron chi connectivity index (χ3n) is 4.81. The highest BCUT2D eigenvalue weighted by molar-refractivity contribution is 5.79. The van der Waals surface area contributed by atoms with Gasteiger partial charge in [0.25, 0.3) is 0 Å². The van der Waals surface area contributed by atoms with Crippen molar-refractivity contribution in [2.45, 2.75) is 26.2 Å². The first kappa shape index (κ1) is 20.1. The summed E-state index contributed by atoms with van der Waals surface area (Å²) in [5.74, 6) is 2.54. The molecule has 1 heterocycles. The highest BCUT2D eigenvalue weighted by Crippen LogP contribution is 2.31. The lowest BCUT2D eigenvalue weighted by Gasteiger charge is -2.23. The third kappa shape index (κ3) is 5.68. The Morgan fingerprint density at radius 1 is 1.46 bits per heavy atom. The van der Waals surface area contributed by atoms with Gasteiger partial charge in [-0.05, 0) is 44.2 Å². The van der Waals surface area contributed by atoms with Crippen molar-refractivity contribution < 1.29 is 4.74 Å². The molecule has 0 aromatic heterocycles. The number of benzene rings is 1. The summed E-state index contributed by atoms with van der Waals surface area (Å²) in [5.41, 5.74) is 1.19. The van der Waals surface area contributed by atoms with Crippen LogP contribution >= 0.6 is 0 Å². The summed E-state index contributed by atoms with van der Waals surface area (Å²) in [6.45, 7) is 10.8. The standard InChI is InChI=1S/C21H34N4O/c1-5-7-10-14-24(3)21(22-6-2)23-16-18-13-15-25(17-18)19-11-8-9-12-20(19)26-4/h5,8-9,11-12,18H,1,6-7,10,13-17H2,2-4H3,(H,22,23). The van der Waals surface area contributed by atoms with E-state index in [1.165, 1.54) is 12.1 Å². The number of unbranched alkanes of at least 4 members (excludes halogenated alkanes) is 1. The van der Waals surface area contributed by atoms with Gasteiger partial charge in [0.05, 0.1) is 12.8 Å². The normalized spacial score (nSPS) is 17.3. The average Bonchev–Trinajstić information content (AvgIpc) is 3.14. The van der Waals surface area contributed by atoms with E-state index in [1.54, 1.807) is 7.11 Å². The minimum atomic E-state index is 0.579. The smallest absolute Gasteiger partial charge is 0.193 e. The van der Waals surface area contributed by atoms with Gasteiger partial charge in [0.2, 0.25) is 0 Å². The maximum atomic E-state index is 5.51. The molecule has 1 atom stereocenters. The number of hydrogen-bond acceptors (Lipinski definition) is 3. The van der Waals surface area contributed by atoms with Crippen molar-refractivity contribution in [2.24, 2.45) is 10.9 Å². The summed E-state index contributed by atoms with van der Waals surface area (Å²) in [6.07, 6.45) is 5.29. The molecule has 144 valence electrons. The molecule has 26 heavy (non-hydrogen) atoms. The Balaban J connectivity index is 1.92. The van der Waals surface area contributed by atoms with Gasteiger partial charge in [-0.15, -0.1) is 6.58 Å². The number of methoxy groups -OCH3 is 1. The molecule has 1 aliphatic heterocycles. The summed E-state index contributed by atoms with van der Waals surface area (Å²) in [5, 5.41) is 3.41. The van der Waals surface area contributed by atoms with Crippen LogP contribution < -0.4 is 15.0 Å². The Labute approximate surface area is 158 Å². The number of ether oxygens (including phenoxy) is 1. The van der Waals surface area contributed by atoms with Crippen LogP contribution in [0.2, 0.25) is 0 Å². The zero-order valence-electron chi connectivity index (χ0n) is 16.6. The number of hydrogen-bond donors (Lipinski definition) is 1. The van der Waals surface area contributed by atoms with E-state index in [0.717, 1.165) is 57.3 Å². The molecule has 0 aliphatic carbocycles. The van der Waals surface area contributed by atoms with E-state index in [9.17, 15) is 0 Å². The van der Waals surface area contributed by atoms with Gasteiger partial charge in [-0.3, -0.25) is 4.99 Å². The lowest BCUT2D eigenvalue weighted by molar-refractivity contribution is 0.414. The quantitative estimate of drug-likeness (QED) is 0.318. The van der Waals surface area contributed by atoms with Crippen LogP contribution in [-0.2, 0) is 0 Å². The number of nitrogens with one attached hydrogen (secondary N) is 1. The van der Waals surface area contributed by atoms with Crippen molar-refractivity contribution in [3.8, 4) is 5.75 Å². The van der Waals surface area contributed by atoms with Gasteiger partial charge in [-0.2, -0.15) is 0 Å². The van der Waals surface area contributed by atoms with Crippen LogP contribution in [-0.4, -0.2) is 57.7 Å². The molecule has 1 fully saturated rings. The molecule has 5 nitrogen and oxygen atoms in total. The van der Waals surface area contributed by atoms with Crippen LogP contribution in [0.15, 0.2) is 41.9 Å². The highest BCUT2D eigenvalue weighted by Gasteiger charge is 2.24. The Morgan fingerprint density at radius 2 is 2.27 bits per heavy atom. The van der Waals surface area contributed by atoms with Crippen LogP contribution in [0.5, 0.6) is 5.75 Å². The molecule has 1 saturated heterocycles. The number of allylic oxidation sites excluding steroid dienone is 1. The maximum absolute atomic E-state index is 5.51. The van der Waals surface area contributed by atoms with Crippen LogP contribution in [0.25, 0.3) is 0 Å². The second kappa shape index (κ2) is 10.7. The van der Waals surface area contributed by atoms with E-state index in [2.05, 4.69) is 47.8 Å². The molecule has 0 bridgehead atoms. The van der Waals surface area contributed by atoms with Crippen molar-refractivity contribution in [1.82, 2.24) is 10.2 Å². The third-order valence-corrected chi connectivity index (χ3v) is 4.81. The largest absolute Gasteiger partial charge is 0.495 e. The Morgan fingerprint density at radius 3 is 3.00 bits per heavy atom. The predicted molar refractivity (Wildman–Crippen MR) is 111 cm³/mol. The molecule has 1 unspecified atom stereocenters. The van der Waals surface area contributed by atoms with E-state index < -0.39 is 0 Å². The predicted octanol–water partition coefficient (Wildman–Crippen LogP) is 3.39. The number of nitrogens with zero attached hydrogens (tertiary/aromatic N) is 3. The lowest BCUT2D eigenvalue weighted by Crippen LogP contribution is -2.39. The second-order valence-corrected chi connectivity index (χ2v) is 6.82. The maximum Gasteiger partial charge on any atom is 0.193 e. The molecule has 0 spiro atoms. The van der Waals surface area contributed by atoms with Gasteiger partial charge in [0, 0.05) is 39.8 Å². The molecule has 1 N–H and O–H groups in total. The first-order valence-electron chi connectivity index (χ1n) is 9.67. The van der Waals surface area contributed by atoms with Gasteiger partial charge < -0.3 is 19.9 Å². The summed E-state index contributed by atoms with van der Waals surface area (Å²) in [7, 11) is 3.85. The molecule has 2 rings (SSSR count). The van der Waals surface area contributed by atoms with Crippen molar-refractivity contribution in [1.29, 1.82) is 0 Å². The van der Waals surface area contributed by atoms with E-state index >= 15 is 0 Å². The molecule has 0 amide bonds. The van der Waals surface area contributed by atoms with Crippen molar-refractivity contribution >= 4 is 11.6 Å². The van der Waals surface area contributed by atoms with Gasteiger partial charge in [0.1, 0.15) is 5.75 Å². The van der Waals surface area contributed by atoms with Crippen molar-refractivity contribution in [3.05, 3.63) is 36.9 Å². The zero-order chi connectivity index (χ0) is 18.8. The van der Waals surface area contributed by atoms with Crippen molar-refractivity contribution in [3.63, 3.8) is 0 Å². The summed E-state index contributed by atoms with van der Waals surface area (Å²) in [4.78, 5) is 9.53. The molecular formula is C21H34N4O. The van der Waals surface area contributed by atoms with E-state index in [4.69, 9.17) is 9.73 Å². The SMILES string of the molecule is C=CCCCN(C)C(=NCC1CCN(c2ccccc2OC)C1)NCC. The van der Waals surface area contributed by atoms with Gasteiger partial charge in [0.15, 0.2) is 5.96 Å². The van der Waals surface area contributed by atoms with E-state index in [0.29, 0.717) is 5.92 Å². The molecular weight excluding hydrogens is 324 g/mol. The minimum Gasteiger partial charge on any atom is -0.495 e. The zero-order valence-corrected chi connectivity index (χ0v) is 16.6. The number of guanidine groups is 1. The molecule has 1 aliphatic rings. The molecule has 1 aromatic carbocycles. The number of anilines is 1. The van der Waals surface area contributed by atoms with Crippen LogP contribution in [0, 0.1) is 5.92 Å². The fourth-order valence-corrected chi connectivity index (χ4v) is 3.36. The highest BCUT2D eigenvalue weighted by atomic mass is 16.5. The Kier molecular flexibility index (Phi) is 8.32. The minimum absolute atomic E-state index is 0.579. The Bertz CT molecular complexity index is 587. The second-order valence-electron chi connectivity index (χ2n) is 6.82. The van der Waals surface area contributed by atoms with Gasteiger partial charge >= 0.3 is 0 Å². The number of aliphatic imine (C=N–C) groups is 1. The summed E-state index contributed by atoms with van der Waals surface area (Å²) >= 11 is 0. The fourth-order valence-electron chi connectivity index (χ4n) is 3.36. The summed E-state index contributed by atoms with van der Waals surface area (Å²) in [6, 6.07) is 8.26. The number of para-hydroxylation sites is 2. The van der Waals surface area contributed by atoms with Crippen LogP contribution in [0.1, 0.15) is 26.2 Å². The van der Waals surface area contributed by atoms with Crippen molar-refractivity contribution in [2.75, 3.05) is 51.8 Å². The topological polar surface area (TPSA) is 40.1 Å². The number of rotatable bonds is 9. The first-order chi connectivity index (χ1) is 12.7. The average molecular weight is 359 g/mol. The van der Waals surface area contributed by atoms with E-state index in [-0.39, 0.29) is 0 Å². The van der Waals surface area contributed by atoms with Crippen LogP contribution in [0.4, 0.5) is 5.69 Å². The molecule has 0 radical (unpaired) electrons. The van der Waals surface area contributed by atoms with Gasteiger partial charge in [-0.25, -0.2) is 0 Å². The Hall–Kier alpha value is -2.17.